The molecule has 0 saturated carbocycles. The highest BCUT2D eigenvalue weighted by Crippen LogP contribution is 2.35. The Balaban J connectivity index is 3.13. The van der Waals surface area contributed by atoms with Gasteiger partial charge in [-0.2, -0.15) is 0 Å². The van der Waals surface area contributed by atoms with Gasteiger partial charge in [-0.3, -0.25) is 4.79 Å². The molecule has 0 heterocycles. The topological polar surface area (TPSA) is 61.8 Å². The third kappa shape index (κ3) is 3.20. The van der Waals surface area contributed by atoms with Crippen LogP contribution >= 0.6 is 15.9 Å². The van der Waals surface area contributed by atoms with Gasteiger partial charge < -0.3 is 14.2 Å². The zero-order chi connectivity index (χ0) is 12.8. The highest BCUT2D eigenvalue weighted by atomic mass is 79.9. The summed E-state index contributed by atoms with van der Waals surface area (Å²) in [6.07, 6.45) is -0.312. The van der Waals surface area contributed by atoms with Crippen LogP contribution in [0.4, 0.5) is 4.79 Å². The highest BCUT2D eigenvalue weighted by molar-refractivity contribution is 9.10. The van der Waals surface area contributed by atoms with Gasteiger partial charge in [0, 0.05) is 4.47 Å². The van der Waals surface area contributed by atoms with Crippen molar-refractivity contribution in [2.75, 3.05) is 13.7 Å². The average Bonchev–Trinajstić information content (AvgIpc) is 2.30. The van der Waals surface area contributed by atoms with Crippen LogP contribution in [0.25, 0.3) is 0 Å². The lowest BCUT2D eigenvalue weighted by Gasteiger charge is -2.11. The van der Waals surface area contributed by atoms with Crippen molar-refractivity contribution in [3.63, 3.8) is 0 Å². The molecule has 1 rings (SSSR count). The largest absolute Gasteiger partial charge is 0.513 e. The fraction of sp³-hybridized carbons (Fsp3) is 0.273. The Morgan fingerprint density at radius 1 is 1.47 bits per heavy atom. The van der Waals surface area contributed by atoms with Crippen molar-refractivity contribution in [2.24, 2.45) is 0 Å². The van der Waals surface area contributed by atoms with E-state index >= 15 is 0 Å². The van der Waals surface area contributed by atoms with Crippen LogP contribution in [-0.4, -0.2) is 26.2 Å². The Morgan fingerprint density at radius 2 is 2.18 bits per heavy atom. The normalized spacial score (nSPS) is 9.59. The van der Waals surface area contributed by atoms with Gasteiger partial charge >= 0.3 is 6.16 Å². The maximum absolute atomic E-state index is 11.2. The van der Waals surface area contributed by atoms with Gasteiger partial charge in [-0.05, 0) is 35.0 Å². The second kappa shape index (κ2) is 6.24. The number of benzene rings is 1. The summed E-state index contributed by atoms with van der Waals surface area (Å²) in [6.45, 7) is 1.84. The lowest BCUT2D eigenvalue weighted by atomic mass is 10.2. The van der Waals surface area contributed by atoms with Gasteiger partial charge in [-0.15, -0.1) is 0 Å². The first-order valence-electron chi connectivity index (χ1n) is 4.80. The number of carbonyl (C=O) groups excluding carboxylic acids is 2. The third-order valence-electron chi connectivity index (χ3n) is 1.89. The Bertz CT molecular complexity index is 430. The van der Waals surface area contributed by atoms with Crippen molar-refractivity contribution in [3.05, 3.63) is 22.2 Å². The molecule has 6 heteroatoms. The van der Waals surface area contributed by atoms with Gasteiger partial charge in [0.1, 0.15) is 0 Å². The zero-order valence-corrected chi connectivity index (χ0v) is 10.9. The highest BCUT2D eigenvalue weighted by Gasteiger charge is 2.17. The number of carbonyl (C=O) groups is 2. The SMILES string of the molecule is CCOC(=O)Oc1c(OC)ccc(Br)c1C=O. The smallest absolute Gasteiger partial charge is 0.493 e. The van der Waals surface area contributed by atoms with E-state index in [4.69, 9.17) is 9.47 Å². The molecule has 0 amide bonds. The van der Waals surface area contributed by atoms with E-state index in [2.05, 4.69) is 20.7 Å². The van der Waals surface area contributed by atoms with Crippen LogP contribution in [0, 0.1) is 0 Å². The molecule has 0 aromatic heterocycles. The first kappa shape index (κ1) is 13.5. The number of halogens is 1. The minimum absolute atomic E-state index is 0.0373. The second-order valence-electron chi connectivity index (χ2n) is 2.90. The monoisotopic (exact) mass is 302 g/mol. The molecule has 17 heavy (non-hydrogen) atoms. The molecular weight excluding hydrogens is 292 g/mol. The molecule has 0 aliphatic carbocycles. The molecule has 0 unspecified atom stereocenters. The summed E-state index contributed by atoms with van der Waals surface area (Å²) >= 11 is 3.18. The quantitative estimate of drug-likeness (QED) is 0.486. The molecule has 0 spiro atoms. The molecule has 1 aromatic carbocycles. The molecule has 0 N–H and O–H groups in total. The van der Waals surface area contributed by atoms with Crippen molar-refractivity contribution in [1.82, 2.24) is 0 Å². The maximum Gasteiger partial charge on any atom is 0.513 e. The summed E-state index contributed by atoms with van der Waals surface area (Å²) in [5, 5.41) is 0. The van der Waals surface area contributed by atoms with Crippen LogP contribution in [-0.2, 0) is 4.74 Å². The van der Waals surface area contributed by atoms with Crippen LogP contribution < -0.4 is 9.47 Å². The van der Waals surface area contributed by atoms with Crippen LogP contribution in [0.2, 0.25) is 0 Å². The molecule has 5 nitrogen and oxygen atoms in total. The molecule has 1 aromatic rings. The summed E-state index contributed by atoms with van der Waals surface area (Å²) in [5.41, 5.74) is 0.192. The number of methoxy groups -OCH3 is 1. The minimum Gasteiger partial charge on any atom is -0.493 e. The van der Waals surface area contributed by atoms with E-state index in [1.165, 1.54) is 7.11 Å². The fourth-order valence-electron chi connectivity index (χ4n) is 1.16. The van der Waals surface area contributed by atoms with Crippen LogP contribution in [0.15, 0.2) is 16.6 Å². The molecule has 92 valence electrons. The first-order chi connectivity index (χ1) is 8.13. The van der Waals surface area contributed by atoms with Gasteiger partial charge in [0.05, 0.1) is 19.3 Å². The Morgan fingerprint density at radius 3 is 2.71 bits per heavy atom. The van der Waals surface area contributed by atoms with Crippen molar-refractivity contribution in [1.29, 1.82) is 0 Å². The van der Waals surface area contributed by atoms with Gasteiger partial charge in [0.25, 0.3) is 0 Å². The van der Waals surface area contributed by atoms with Gasteiger partial charge in [-0.1, -0.05) is 0 Å². The fourth-order valence-corrected chi connectivity index (χ4v) is 1.57. The molecule has 0 radical (unpaired) electrons. The molecule has 0 fully saturated rings. The Labute approximate surface area is 107 Å². The summed E-state index contributed by atoms with van der Waals surface area (Å²) in [5.74, 6) is 0.318. The van der Waals surface area contributed by atoms with E-state index in [0.717, 1.165) is 0 Å². The van der Waals surface area contributed by atoms with Crippen molar-refractivity contribution in [3.8, 4) is 11.5 Å². The average molecular weight is 303 g/mol. The Kier molecular flexibility index (Phi) is 4.96. The van der Waals surface area contributed by atoms with Gasteiger partial charge in [0.2, 0.25) is 0 Å². The number of aldehydes is 1. The molecule has 0 aliphatic rings. The van der Waals surface area contributed by atoms with E-state index in [1.54, 1.807) is 19.1 Å². The van der Waals surface area contributed by atoms with Crippen LogP contribution in [0.3, 0.4) is 0 Å². The standard InChI is InChI=1S/C11H11BrO5/c1-3-16-11(14)17-10-7(6-13)8(12)4-5-9(10)15-2/h4-6H,3H2,1-2H3. The van der Waals surface area contributed by atoms with E-state index in [1.807, 2.05) is 0 Å². The molecule has 0 saturated heterocycles. The molecule has 0 bridgehead atoms. The van der Waals surface area contributed by atoms with E-state index < -0.39 is 6.16 Å². The van der Waals surface area contributed by atoms with E-state index in [0.29, 0.717) is 10.8 Å². The van der Waals surface area contributed by atoms with Gasteiger partial charge in [0.15, 0.2) is 17.8 Å². The number of rotatable bonds is 4. The van der Waals surface area contributed by atoms with Crippen molar-refractivity contribution < 1.29 is 23.8 Å². The predicted molar refractivity (Wildman–Crippen MR) is 63.7 cm³/mol. The van der Waals surface area contributed by atoms with Crippen molar-refractivity contribution >= 4 is 28.4 Å². The van der Waals surface area contributed by atoms with Gasteiger partial charge in [-0.25, -0.2) is 4.79 Å². The lowest BCUT2D eigenvalue weighted by Crippen LogP contribution is -2.12. The zero-order valence-electron chi connectivity index (χ0n) is 9.36. The van der Waals surface area contributed by atoms with E-state index in [9.17, 15) is 9.59 Å². The van der Waals surface area contributed by atoms with Crippen LogP contribution in [0.1, 0.15) is 17.3 Å². The molecule has 0 atom stereocenters. The number of hydrogen-bond donors (Lipinski definition) is 0. The first-order valence-corrected chi connectivity index (χ1v) is 5.59. The van der Waals surface area contributed by atoms with Crippen LogP contribution in [0.5, 0.6) is 11.5 Å². The van der Waals surface area contributed by atoms with E-state index in [-0.39, 0.29) is 23.7 Å². The molecule has 0 aliphatic heterocycles. The summed E-state index contributed by atoms with van der Waals surface area (Å²) in [4.78, 5) is 22.2. The summed E-state index contributed by atoms with van der Waals surface area (Å²) < 4.78 is 15.1. The number of hydrogen-bond acceptors (Lipinski definition) is 5. The minimum atomic E-state index is -0.882. The maximum atomic E-state index is 11.2. The van der Waals surface area contributed by atoms with Crippen molar-refractivity contribution in [2.45, 2.75) is 6.92 Å². The second-order valence-corrected chi connectivity index (χ2v) is 3.75. The summed E-state index contributed by atoms with van der Waals surface area (Å²) in [6, 6.07) is 3.20. The number of ether oxygens (including phenoxy) is 3. The predicted octanol–water partition coefficient (Wildman–Crippen LogP) is 2.81. The molecular formula is C11H11BrO5. The summed E-state index contributed by atoms with van der Waals surface area (Å²) in [7, 11) is 1.41. The Hall–Kier alpha value is -1.56. The third-order valence-corrected chi connectivity index (χ3v) is 2.58. The lowest BCUT2D eigenvalue weighted by molar-refractivity contribution is 0.102.